The molecule has 0 atom stereocenters. The average Bonchev–Trinajstić information content (AvgIpc) is 2.20. The minimum absolute atomic E-state index is 0.228. The monoisotopic (exact) mass is 278 g/mol. The molecule has 1 aromatic rings. The SMILES string of the molecule is COC(=O)c1c(OC)ccc(Br)c1Cl. The largest absolute Gasteiger partial charge is 0.496 e. The molecule has 0 aliphatic heterocycles. The molecule has 3 nitrogen and oxygen atoms in total. The van der Waals surface area contributed by atoms with Crippen molar-refractivity contribution in [1.82, 2.24) is 0 Å². The molecule has 0 saturated carbocycles. The zero-order valence-corrected chi connectivity index (χ0v) is 9.98. The third kappa shape index (κ3) is 2.01. The third-order valence-corrected chi connectivity index (χ3v) is 2.95. The summed E-state index contributed by atoms with van der Waals surface area (Å²) < 4.78 is 10.2. The van der Waals surface area contributed by atoms with Crippen molar-refractivity contribution < 1.29 is 14.3 Å². The highest BCUT2D eigenvalue weighted by molar-refractivity contribution is 9.10. The average molecular weight is 280 g/mol. The van der Waals surface area contributed by atoms with E-state index in [-0.39, 0.29) is 10.6 Å². The summed E-state index contributed by atoms with van der Waals surface area (Å²) in [4.78, 5) is 11.4. The van der Waals surface area contributed by atoms with Gasteiger partial charge in [-0.15, -0.1) is 0 Å². The van der Waals surface area contributed by atoms with Crippen molar-refractivity contribution in [3.05, 3.63) is 27.2 Å². The van der Waals surface area contributed by atoms with Crippen molar-refractivity contribution in [2.75, 3.05) is 14.2 Å². The van der Waals surface area contributed by atoms with Gasteiger partial charge in [-0.1, -0.05) is 11.6 Å². The van der Waals surface area contributed by atoms with E-state index in [9.17, 15) is 4.79 Å². The predicted octanol–water partition coefficient (Wildman–Crippen LogP) is 2.90. The number of carbonyl (C=O) groups excluding carboxylic acids is 1. The second-order valence-electron chi connectivity index (χ2n) is 2.43. The predicted molar refractivity (Wildman–Crippen MR) is 57.0 cm³/mol. The molecular weight excluding hydrogens is 271 g/mol. The fraction of sp³-hybridized carbons (Fsp3) is 0.222. The summed E-state index contributed by atoms with van der Waals surface area (Å²) in [5.41, 5.74) is 0.228. The van der Waals surface area contributed by atoms with E-state index in [4.69, 9.17) is 16.3 Å². The standard InChI is InChI=1S/C9H8BrClO3/c1-13-6-4-3-5(10)8(11)7(6)9(12)14-2/h3-4H,1-2H3. The van der Waals surface area contributed by atoms with Crippen LogP contribution in [0.3, 0.4) is 0 Å². The smallest absolute Gasteiger partial charge is 0.343 e. The van der Waals surface area contributed by atoms with Gasteiger partial charge in [-0.25, -0.2) is 4.79 Å². The van der Waals surface area contributed by atoms with E-state index in [2.05, 4.69) is 20.7 Å². The maximum absolute atomic E-state index is 11.4. The Labute approximate surface area is 95.1 Å². The van der Waals surface area contributed by atoms with Gasteiger partial charge in [0.25, 0.3) is 0 Å². The maximum Gasteiger partial charge on any atom is 0.343 e. The number of carbonyl (C=O) groups is 1. The molecule has 0 aliphatic rings. The minimum Gasteiger partial charge on any atom is -0.496 e. The van der Waals surface area contributed by atoms with Crippen LogP contribution in [0.2, 0.25) is 5.02 Å². The molecule has 0 amide bonds. The molecule has 0 unspecified atom stereocenters. The first-order valence-electron chi connectivity index (χ1n) is 3.72. The van der Waals surface area contributed by atoms with E-state index in [0.717, 1.165) is 0 Å². The zero-order chi connectivity index (χ0) is 10.7. The number of hydrogen-bond donors (Lipinski definition) is 0. The van der Waals surface area contributed by atoms with Crippen LogP contribution in [0.4, 0.5) is 0 Å². The van der Waals surface area contributed by atoms with Gasteiger partial charge in [-0.2, -0.15) is 0 Å². The van der Waals surface area contributed by atoms with Gasteiger partial charge in [0.15, 0.2) is 0 Å². The van der Waals surface area contributed by atoms with E-state index in [1.807, 2.05) is 0 Å². The Bertz CT molecular complexity index is 365. The van der Waals surface area contributed by atoms with E-state index >= 15 is 0 Å². The fourth-order valence-corrected chi connectivity index (χ4v) is 1.56. The molecule has 1 aromatic carbocycles. The molecule has 14 heavy (non-hydrogen) atoms. The molecule has 1 rings (SSSR count). The van der Waals surface area contributed by atoms with Gasteiger partial charge >= 0.3 is 5.97 Å². The molecule has 0 bridgehead atoms. The van der Waals surface area contributed by atoms with E-state index in [1.165, 1.54) is 14.2 Å². The zero-order valence-electron chi connectivity index (χ0n) is 7.64. The van der Waals surface area contributed by atoms with Crippen LogP contribution >= 0.6 is 27.5 Å². The van der Waals surface area contributed by atoms with Gasteiger partial charge in [0.1, 0.15) is 11.3 Å². The number of ether oxygens (including phenoxy) is 2. The molecule has 0 N–H and O–H groups in total. The van der Waals surface area contributed by atoms with Gasteiger partial charge in [0.05, 0.1) is 19.2 Å². The molecule has 0 saturated heterocycles. The molecular formula is C9H8BrClO3. The van der Waals surface area contributed by atoms with Crippen LogP contribution in [0.15, 0.2) is 16.6 Å². The van der Waals surface area contributed by atoms with Crippen molar-refractivity contribution in [2.24, 2.45) is 0 Å². The van der Waals surface area contributed by atoms with Gasteiger partial charge < -0.3 is 9.47 Å². The van der Waals surface area contributed by atoms with Crippen LogP contribution in [-0.2, 0) is 4.74 Å². The van der Waals surface area contributed by atoms with Crippen molar-refractivity contribution in [3.8, 4) is 5.75 Å². The van der Waals surface area contributed by atoms with E-state index in [0.29, 0.717) is 10.2 Å². The maximum atomic E-state index is 11.4. The lowest BCUT2D eigenvalue weighted by molar-refractivity contribution is 0.0597. The molecule has 0 radical (unpaired) electrons. The van der Waals surface area contributed by atoms with Gasteiger partial charge in [0, 0.05) is 4.47 Å². The number of methoxy groups -OCH3 is 2. The highest BCUT2D eigenvalue weighted by atomic mass is 79.9. The Morgan fingerprint density at radius 3 is 2.57 bits per heavy atom. The summed E-state index contributed by atoms with van der Waals surface area (Å²) in [6.45, 7) is 0. The minimum atomic E-state index is -0.520. The van der Waals surface area contributed by atoms with Crippen molar-refractivity contribution >= 4 is 33.5 Å². The van der Waals surface area contributed by atoms with Crippen LogP contribution < -0.4 is 4.74 Å². The van der Waals surface area contributed by atoms with Crippen LogP contribution in [-0.4, -0.2) is 20.2 Å². The van der Waals surface area contributed by atoms with Crippen molar-refractivity contribution in [2.45, 2.75) is 0 Å². The van der Waals surface area contributed by atoms with Gasteiger partial charge in [-0.3, -0.25) is 0 Å². The normalized spacial score (nSPS) is 9.71. The summed E-state index contributed by atoms with van der Waals surface area (Å²) in [5, 5.41) is 0.288. The molecule has 5 heteroatoms. The Balaban J connectivity index is 3.35. The van der Waals surface area contributed by atoms with Gasteiger partial charge in [-0.05, 0) is 28.1 Å². The number of benzene rings is 1. The molecule has 76 valence electrons. The summed E-state index contributed by atoms with van der Waals surface area (Å²) in [6.07, 6.45) is 0. The number of hydrogen-bond acceptors (Lipinski definition) is 3. The van der Waals surface area contributed by atoms with E-state index < -0.39 is 5.97 Å². The Kier molecular flexibility index (Phi) is 3.77. The summed E-state index contributed by atoms with van der Waals surface area (Å²) in [6, 6.07) is 3.34. The Morgan fingerprint density at radius 1 is 1.43 bits per heavy atom. The van der Waals surface area contributed by atoms with Crippen molar-refractivity contribution in [1.29, 1.82) is 0 Å². The Morgan fingerprint density at radius 2 is 2.07 bits per heavy atom. The summed E-state index contributed by atoms with van der Waals surface area (Å²) in [5.74, 6) is -0.127. The highest BCUT2D eigenvalue weighted by Crippen LogP contribution is 2.33. The lowest BCUT2D eigenvalue weighted by atomic mass is 10.2. The second-order valence-corrected chi connectivity index (χ2v) is 3.66. The van der Waals surface area contributed by atoms with Crippen LogP contribution in [0.1, 0.15) is 10.4 Å². The molecule has 0 spiro atoms. The quantitative estimate of drug-likeness (QED) is 0.781. The van der Waals surface area contributed by atoms with Crippen molar-refractivity contribution in [3.63, 3.8) is 0 Å². The molecule has 0 aromatic heterocycles. The summed E-state index contributed by atoms with van der Waals surface area (Å²) >= 11 is 9.13. The second kappa shape index (κ2) is 4.66. The third-order valence-electron chi connectivity index (χ3n) is 1.67. The van der Waals surface area contributed by atoms with Crippen LogP contribution in [0.25, 0.3) is 0 Å². The first-order chi connectivity index (χ1) is 6.61. The summed E-state index contributed by atoms with van der Waals surface area (Å²) in [7, 11) is 2.75. The highest BCUT2D eigenvalue weighted by Gasteiger charge is 2.18. The molecule has 0 heterocycles. The Hall–Kier alpha value is -0.740. The number of esters is 1. The van der Waals surface area contributed by atoms with E-state index in [1.54, 1.807) is 12.1 Å². The van der Waals surface area contributed by atoms with Crippen LogP contribution in [0, 0.1) is 0 Å². The number of rotatable bonds is 2. The fourth-order valence-electron chi connectivity index (χ4n) is 0.995. The number of halogens is 2. The lowest BCUT2D eigenvalue weighted by Gasteiger charge is -2.09. The first-order valence-corrected chi connectivity index (χ1v) is 4.89. The lowest BCUT2D eigenvalue weighted by Crippen LogP contribution is -2.05. The molecule has 0 fully saturated rings. The topological polar surface area (TPSA) is 35.5 Å². The van der Waals surface area contributed by atoms with Crippen LogP contribution in [0.5, 0.6) is 5.75 Å². The molecule has 0 aliphatic carbocycles. The van der Waals surface area contributed by atoms with Gasteiger partial charge in [0.2, 0.25) is 0 Å². The first kappa shape index (κ1) is 11.3.